The molecule has 0 spiro atoms. The van der Waals surface area contributed by atoms with E-state index in [0.29, 0.717) is 5.56 Å². The number of nitrogens with two attached hydrogens (primary N) is 2. The van der Waals surface area contributed by atoms with Crippen LogP contribution in [0.1, 0.15) is 28.1 Å². The van der Waals surface area contributed by atoms with E-state index in [4.69, 9.17) is 16.2 Å². The lowest BCUT2D eigenvalue weighted by atomic mass is 10.1. The molecule has 1 fully saturated rings. The van der Waals surface area contributed by atoms with Crippen molar-refractivity contribution in [2.45, 2.75) is 18.9 Å². The fraction of sp³-hybridized carbons (Fsp3) is 0.500. The number of hydrogen-bond donors (Lipinski definition) is 2. The SMILES string of the molecule is COC1CCN(c2sc(C(N)=O)c(N)c2C#N)CC1. The number of ether oxygens (including phenoxy) is 1. The van der Waals surface area contributed by atoms with Gasteiger partial charge in [-0.05, 0) is 12.8 Å². The average molecular weight is 280 g/mol. The normalized spacial score (nSPS) is 16.3. The third kappa shape index (κ3) is 2.50. The number of carbonyl (C=O) groups excluding carboxylic acids is 1. The summed E-state index contributed by atoms with van der Waals surface area (Å²) in [7, 11) is 1.70. The molecule has 2 rings (SSSR count). The average Bonchev–Trinajstić information content (AvgIpc) is 2.76. The van der Waals surface area contributed by atoms with E-state index >= 15 is 0 Å². The Labute approximate surface area is 115 Å². The summed E-state index contributed by atoms with van der Waals surface area (Å²) in [6.45, 7) is 1.57. The van der Waals surface area contributed by atoms with E-state index in [0.717, 1.165) is 30.9 Å². The highest BCUT2D eigenvalue weighted by Crippen LogP contribution is 2.38. The maximum absolute atomic E-state index is 11.3. The summed E-state index contributed by atoms with van der Waals surface area (Å²) in [5.41, 5.74) is 11.6. The molecule has 0 saturated carbocycles. The molecule has 102 valence electrons. The van der Waals surface area contributed by atoms with E-state index in [1.165, 1.54) is 11.3 Å². The van der Waals surface area contributed by atoms with Crippen LogP contribution in [0.3, 0.4) is 0 Å². The van der Waals surface area contributed by atoms with Gasteiger partial charge in [0.2, 0.25) is 0 Å². The summed E-state index contributed by atoms with van der Waals surface area (Å²) >= 11 is 1.20. The quantitative estimate of drug-likeness (QED) is 0.856. The van der Waals surface area contributed by atoms with Gasteiger partial charge in [0.15, 0.2) is 0 Å². The Morgan fingerprint density at radius 2 is 2.16 bits per heavy atom. The van der Waals surface area contributed by atoms with Gasteiger partial charge < -0.3 is 21.1 Å². The molecular formula is C12H16N4O2S. The molecule has 0 unspecified atom stereocenters. The Morgan fingerprint density at radius 3 is 2.63 bits per heavy atom. The fourth-order valence-corrected chi connectivity index (χ4v) is 3.32. The molecule has 0 radical (unpaired) electrons. The van der Waals surface area contributed by atoms with Crippen LogP contribution in [-0.2, 0) is 4.74 Å². The van der Waals surface area contributed by atoms with Gasteiger partial charge in [0, 0.05) is 20.2 Å². The van der Waals surface area contributed by atoms with Crippen molar-refractivity contribution in [3.05, 3.63) is 10.4 Å². The van der Waals surface area contributed by atoms with Gasteiger partial charge in [-0.15, -0.1) is 11.3 Å². The lowest BCUT2D eigenvalue weighted by Gasteiger charge is -2.32. The predicted molar refractivity (Wildman–Crippen MR) is 74.2 cm³/mol. The van der Waals surface area contributed by atoms with Gasteiger partial charge in [0.05, 0.1) is 11.8 Å². The van der Waals surface area contributed by atoms with E-state index in [1.54, 1.807) is 7.11 Å². The molecule has 1 aromatic rings. The molecule has 7 heteroatoms. The number of nitrogen functional groups attached to an aromatic ring is 1. The largest absolute Gasteiger partial charge is 0.396 e. The summed E-state index contributed by atoms with van der Waals surface area (Å²) in [6, 6.07) is 2.07. The zero-order chi connectivity index (χ0) is 14.0. The second kappa shape index (κ2) is 5.47. The van der Waals surface area contributed by atoms with Gasteiger partial charge in [-0.1, -0.05) is 0 Å². The Bertz CT molecular complexity index is 527. The number of nitriles is 1. The first-order chi connectivity index (χ1) is 9.08. The molecule has 6 nitrogen and oxygen atoms in total. The molecule has 0 aliphatic carbocycles. The Kier molecular flexibility index (Phi) is 3.93. The van der Waals surface area contributed by atoms with Crippen LogP contribution < -0.4 is 16.4 Å². The lowest BCUT2D eigenvalue weighted by Crippen LogP contribution is -2.36. The first-order valence-electron chi connectivity index (χ1n) is 5.98. The number of primary amides is 1. The molecule has 4 N–H and O–H groups in total. The van der Waals surface area contributed by atoms with Crippen molar-refractivity contribution in [3.63, 3.8) is 0 Å². The van der Waals surface area contributed by atoms with Crippen LogP contribution in [-0.4, -0.2) is 32.2 Å². The van der Waals surface area contributed by atoms with Crippen LogP contribution in [0.25, 0.3) is 0 Å². The van der Waals surface area contributed by atoms with Gasteiger partial charge in [0.1, 0.15) is 21.5 Å². The highest BCUT2D eigenvalue weighted by Gasteiger charge is 2.26. The van der Waals surface area contributed by atoms with E-state index in [1.807, 2.05) is 0 Å². The molecule has 19 heavy (non-hydrogen) atoms. The molecule has 1 aliphatic rings. The van der Waals surface area contributed by atoms with Crippen molar-refractivity contribution in [1.82, 2.24) is 0 Å². The number of methoxy groups -OCH3 is 1. The van der Waals surface area contributed by atoms with E-state index in [2.05, 4.69) is 11.0 Å². The maximum Gasteiger partial charge on any atom is 0.261 e. The van der Waals surface area contributed by atoms with Gasteiger partial charge in [-0.2, -0.15) is 5.26 Å². The standard InChI is InChI=1S/C12H16N4O2S/c1-18-7-2-4-16(5-3-7)12-8(6-13)9(14)10(19-12)11(15)17/h7H,2-5,14H2,1H3,(H2,15,17). The maximum atomic E-state index is 11.3. The van der Waals surface area contributed by atoms with Crippen molar-refractivity contribution >= 4 is 27.9 Å². The number of hydrogen-bond acceptors (Lipinski definition) is 6. The van der Waals surface area contributed by atoms with Gasteiger partial charge in [0.25, 0.3) is 5.91 Å². The molecule has 0 aromatic carbocycles. The third-order valence-electron chi connectivity index (χ3n) is 3.32. The smallest absolute Gasteiger partial charge is 0.261 e. The van der Waals surface area contributed by atoms with Crippen LogP contribution in [0.15, 0.2) is 0 Å². The molecule has 2 heterocycles. The zero-order valence-corrected chi connectivity index (χ0v) is 11.5. The minimum absolute atomic E-state index is 0.198. The van der Waals surface area contributed by atoms with Crippen molar-refractivity contribution in [2.24, 2.45) is 5.73 Å². The third-order valence-corrected chi connectivity index (χ3v) is 4.61. The number of anilines is 2. The first kappa shape index (κ1) is 13.6. The second-order valence-corrected chi connectivity index (χ2v) is 5.42. The van der Waals surface area contributed by atoms with Crippen LogP contribution in [0, 0.1) is 11.3 Å². The van der Waals surface area contributed by atoms with Gasteiger partial charge in [-0.3, -0.25) is 4.79 Å². The number of thiophene rings is 1. The summed E-state index contributed by atoms with van der Waals surface area (Å²) in [5, 5.41) is 9.94. The first-order valence-corrected chi connectivity index (χ1v) is 6.80. The number of piperidine rings is 1. The Balaban J connectivity index is 2.28. The van der Waals surface area contributed by atoms with E-state index < -0.39 is 5.91 Å². The number of carbonyl (C=O) groups is 1. The second-order valence-electron chi connectivity index (χ2n) is 4.42. The summed E-state index contributed by atoms with van der Waals surface area (Å²) < 4.78 is 5.31. The lowest BCUT2D eigenvalue weighted by molar-refractivity contribution is 0.0820. The van der Waals surface area contributed by atoms with Crippen LogP contribution in [0.4, 0.5) is 10.7 Å². The minimum Gasteiger partial charge on any atom is -0.396 e. The predicted octanol–water partition coefficient (Wildman–Crippen LogP) is 0.916. The van der Waals surface area contributed by atoms with Crippen molar-refractivity contribution in [2.75, 3.05) is 30.8 Å². The highest BCUT2D eigenvalue weighted by atomic mass is 32.1. The Morgan fingerprint density at radius 1 is 1.53 bits per heavy atom. The monoisotopic (exact) mass is 280 g/mol. The highest BCUT2D eigenvalue weighted by molar-refractivity contribution is 7.19. The van der Waals surface area contributed by atoms with Crippen molar-refractivity contribution in [1.29, 1.82) is 5.26 Å². The fourth-order valence-electron chi connectivity index (χ4n) is 2.24. The number of nitrogens with zero attached hydrogens (tertiary/aromatic N) is 2. The van der Waals surface area contributed by atoms with Gasteiger partial charge in [-0.25, -0.2) is 0 Å². The van der Waals surface area contributed by atoms with Crippen LogP contribution >= 0.6 is 11.3 Å². The molecule has 1 amide bonds. The molecule has 0 atom stereocenters. The van der Waals surface area contributed by atoms with E-state index in [9.17, 15) is 10.1 Å². The summed E-state index contributed by atoms with van der Waals surface area (Å²) in [6.07, 6.45) is 2.05. The van der Waals surface area contributed by atoms with Gasteiger partial charge >= 0.3 is 0 Å². The van der Waals surface area contributed by atoms with Crippen LogP contribution in [0.5, 0.6) is 0 Å². The molecule has 1 aromatic heterocycles. The molecule has 1 aliphatic heterocycles. The number of rotatable bonds is 3. The number of amides is 1. The molecule has 0 bridgehead atoms. The van der Waals surface area contributed by atoms with E-state index in [-0.39, 0.29) is 16.7 Å². The molecule has 1 saturated heterocycles. The summed E-state index contributed by atoms with van der Waals surface area (Å²) in [4.78, 5) is 13.6. The van der Waals surface area contributed by atoms with Crippen LogP contribution in [0.2, 0.25) is 0 Å². The zero-order valence-electron chi connectivity index (χ0n) is 10.7. The molecular weight excluding hydrogens is 264 g/mol. The van der Waals surface area contributed by atoms with Crippen molar-refractivity contribution < 1.29 is 9.53 Å². The topological polar surface area (TPSA) is 105 Å². The summed E-state index contributed by atoms with van der Waals surface area (Å²) in [5.74, 6) is -0.586. The Hall–Kier alpha value is -1.78. The van der Waals surface area contributed by atoms with Crippen molar-refractivity contribution in [3.8, 4) is 6.07 Å². The minimum atomic E-state index is -0.586.